The smallest absolute Gasteiger partial charge is 0.243 e. The summed E-state index contributed by atoms with van der Waals surface area (Å²) in [4.78, 5) is 4.81. The van der Waals surface area contributed by atoms with Gasteiger partial charge in [0.15, 0.2) is 0 Å². The summed E-state index contributed by atoms with van der Waals surface area (Å²) in [6, 6.07) is 13.0. The average molecular weight is 342 g/mol. The minimum absolute atomic E-state index is 0.343. The van der Waals surface area contributed by atoms with Crippen molar-refractivity contribution < 1.29 is 8.42 Å². The summed E-state index contributed by atoms with van der Waals surface area (Å²) >= 11 is 0. The first-order valence-electron chi connectivity index (χ1n) is 8.18. The van der Waals surface area contributed by atoms with Crippen LogP contribution in [0.1, 0.15) is 29.5 Å². The molecule has 1 fully saturated rings. The summed E-state index contributed by atoms with van der Waals surface area (Å²) in [7, 11) is -3.35. The van der Waals surface area contributed by atoms with E-state index in [2.05, 4.69) is 30.1 Å². The van der Waals surface area contributed by atoms with Crippen LogP contribution in [0, 0.1) is 13.8 Å². The van der Waals surface area contributed by atoms with Gasteiger partial charge in [0.1, 0.15) is 0 Å². The Kier molecular flexibility index (Phi) is 4.83. The maximum Gasteiger partial charge on any atom is 0.243 e. The van der Waals surface area contributed by atoms with Gasteiger partial charge in [0.05, 0.1) is 10.6 Å². The average Bonchev–Trinajstić information content (AvgIpc) is 3.11. The standard InChI is InChI=1S/C19H22N2O2S/c1-15-5-6-16(2)17(13-15)14-20-18-7-9-19(10-8-18)24(22,23)21-11-3-4-12-21/h5-10,13-14H,3-4,11-12H2,1-2H3. The number of hydrogen-bond acceptors (Lipinski definition) is 3. The van der Waals surface area contributed by atoms with Crippen LogP contribution in [0.2, 0.25) is 0 Å². The summed E-state index contributed by atoms with van der Waals surface area (Å²) in [5, 5.41) is 0. The summed E-state index contributed by atoms with van der Waals surface area (Å²) in [5.74, 6) is 0. The van der Waals surface area contributed by atoms with Crippen molar-refractivity contribution in [1.29, 1.82) is 0 Å². The Balaban J connectivity index is 1.79. The minimum Gasteiger partial charge on any atom is -0.256 e. The molecule has 0 unspecified atom stereocenters. The molecule has 0 N–H and O–H groups in total. The van der Waals surface area contributed by atoms with E-state index in [1.165, 1.54) is 5.56 Å². The van der Waals surface area contributed by atoms with E-state index in [1.54, 1.807) is 28.6 Å². The van der Waals surface area contributed by atoms with Gasteiger partial charge in [0.25, 0.3) is 0 Å². The molecule has 1 heterocycles. The molecule has 126 valence electrons. The Morgan fingerprint density at radius 3 is 2.33 bits per heavy atom. The third kappa shape index (κ3) is 3.57. The molecule has 1 aliphatic heterocycles. The highest BCUT2D eigenvalue weighted by molar-refractivity contribution is 7.89. The van der Waals surface area contributed by atoms with E-state index in [1.807, 2.05) is 13.1 Å². The second kappa shape index (κ2) is 6.87. The topological polar surface area (TPSA) is 49.7 Å². The van der Waals surface area contributed by atoms with Crippen molar-refractivity contribution in [2.45, 2.75) is 31.6 Å². The van der Waals surface area contributed by atoms with E-state index in [-0.39, 0.29) is 0 Å². The molecular weight excluding hydrogens is 320 g/mol. The largest absolute Gasteiger partial charge is 0.256 e. The number of benzene rings is 2. The second-order valence-electron chi connectivity index (χ2n) is 6.22. The Bertz CT molecular complexity index is 849. The number of aliphatic imine (C=N–C) groups is 1. The lowest BCUT2D eigenvalue weighted by Gasteiger charge is -2.15. The molecule has 0 amide bonds. The second-order valence-corrected chi connectivity index (χ2v) is 8.16. The van der Waals surface area contributed by atoms with Crippen LogP contribution in [0.25, 0.3) is 0 Å². The van der Waals surface area contributed by atoms with Crippen LogP contribution in [0.15, 0.2) is 52.4 Å². The van der Waals surface area contributed by atoms with E-state index < -0.39 is 10.0 Å². The molecule has 1 aliphatic rings. The molecule has 4 nitrogen and oxygen atoms in total. The van der Waals surface area contributed by atoms with E-state index >= 15 is 0 Å². The maximum atomic E-state index is 12.5. The monoisotopic (exact) mass is 342 g/mol. The van der Waals surface area contributed by atoms with Crippen molar-refractivity contribution in [1.82, 2.24) is 4.31 Å². The summed E-state index contributed by atoms with van der Waals surface area (Å²) in [6.45, 7) is 5.34. The highest BCUT2D eigenvalue weighted by atomic mass is 32.2. The Morgan fingerprint density at radius 2 is 1.67 bits per heavy atom. The molecule has 0 radical (unpaired) electrons. The minimum atomic E-state index is -3.35. The van der Waals surface area contributed by atoms with Crippen molar-refractivity contribution in [2.75, 3.05) is 13.1 Å². The van der Waals surface area contributed by atoms with Gasteiger partial charge < -0.3 is 0 Å². The van der Waals surface area contributed by atoms with Crippen LogP contribution < -0.4 is 0 Å². The summed E-state index contributed by atoms with van der Waals surface area (Å²) in [6.07, 6.45) is 3.71. The van der Waals surface area contributed by atoms with Gasteiger partial charge in [-0.05, 0) is 62.1 Å². The van der Waals surface area contributed by atoms with Crippen LogP contribution >= 0.6 is 0 Å². The van der Waals surface area contributed by atoms with Crippen molar-refractivity contribution in [3.63, 3.8) is 0 Å². The Labute approximate surface area is 143 Å². The van der Waals surface area contributed by atoms with Gasteiger partial charge in [-0.3, -0.25) is 4.99 Å². The number of sulfonamides is 1. The third-order valence-corrected chi connectivity index (χ3v) is 6.24. The predicted molar refractivity (Wildman–Crippen MR) is 97.6 cm³/mol. The highest BCUT2D eigenvalue weighted by Gasteiger charge is 2.26. The molecular formula is C19H22N2O2S. The fourth-order valence-corrected chi connectivity index (χ4v) is 4.34. The number of aryl methyl sites for hydroxylation is 2. The van der Waals surface area contributed by atoms with Gasteiger partial charge in [-0.1, -0.05) is 23.8 Å². The van der Waals surface area contributed by atoms with Crippen LogP contribution in [-0.2, 0) is 10.0 Å². The SMILES string of the molecule is Cc1ccc(C)c(C=Nc2ccc(S(=O)(=O)N3CCCC3)cc2)c1. The number of hydrogen-bond donors (Lipinski definition) is 0. The summed E-state index contributed by atoms with van der Waals surface area (Å²) < 4.78 is 26.5. The van der Waals surface area contributed by atoms with E-state index in [0.717, 1.165) is 29.7 Å². The van der Waals surface area contributed by atoms with Crippen LogP contribution in [0.5, 0.6) is 0 Å². The molecule has 24 heavy (non-hydrogen) atoms. The lowest BCUT2D eigenvalue weighted by molar-refractivity contribution is 0.477. The van der Waals surface area contributed by atoms with E-state index in [9.17, 15) is 8.42 Å². The van der Waals surface area contributed by atoms with Crippen LogP contribution in [-0.4, -0.2) is 32.0 Å². The maximum absolute atomic E-state index is 12.5. The molecule has 0 aliphatic carbocycles. The van der Waals surface area contributed by atoms with Gasteiger partial charge in [0, 0.05) is 19.3 Å². The molecule has 3 rings (SSSR count). The van der Waals surface area contributed by atoms with E-state index in [0.29, 0.717) is 18.0 Å². The first-order valence-corrected chi connectivity index (χ1v) is 9.62. The molecule has 0 spiro atoms. The zero-order valence-corrected chi connectivity index (χ0v) is 14.9. The van der Waals surface area contributed by atoms with Gasteiger partial charge in [-0.25, -0.2) is 8.42 Å². The fourth-order valence-electron chi connectivity index (χ4n) is 2.82. The Hall–Kier alpha value is -1.98. The molecule has 1 saturated heterocycles. The van der Waals surface area contributed by atoms with Crippen molar-refractivity contribution in [3.8, 4) is 0 Å². The lowest BCUT2D eigenvalue weighted by Crippen LogP contribution is -2.27. The molecule has 0 aromatic heterocycles. The lowest BCUT2D eigenvalue weighted by atomic mass is 10.1. The van der Waals surface area contributed by atoms with E-state index in [4.69, 9.17) is 0 Å². The Morgan fingerprint density at radius 1 is 1.00 bits per heavy atom. The molecule has 0 atom stereocenters. The first kappa shape index (κ1) is 16.9. The van der Waals surface area contributed by atoms with Crippen molar-refractivity contribution in [3.05, 3.63) is 59.2 Å². The molecule has 5 heteroatoms. The summed E-state index contributed by atoms with van der Waals surface area (Å²) in [5.41, 5.74) is 4.17. The van der Waals surface area contributed by atoms with Crippen molar-refractivity contribution in [2.24, 2.45) is 4.99 Å². The normalized spacial score (nSPS) is 16.1. The molecule has 2 aromatic rings. The zero-order chi connectivity index (χ0) is 17.2. The zero-order valence-electron chi connectivity index (χ0n) is 14.1. The van der Waals surface area contributed by atoms with Gasteiger partial charge in [-0.2, -0.15) is 4.31 Å². The van der Waals surface area contributed by atoms with Gasteiger partial charge in [0.2, 0.25) is 10.0 Å². The molecule has 0 saturated carbocycles. The first-order chi connectivity index (χ1) is 11.5. The number of nitrogens with zero attached hydrogens (tertiary/aromatic N) is 2. The van der Waals surface area contributed by atoms with Crippen LogP contribution in [0.4, 0.5) is 5.69 Å². The van der Waals surface area contributed by atoms with Gasteiger partial charge in [-0.15, -0.1) is 0 Å². The quantitative estimate of drug-likeness (QED) is 0.793. The molecule has 2 aromatic carbocycles. The van der Waals surface area contributed by atoms with Crippen LogP contribution in [0.3, 0.4) is 0 Å². The molecule has 0 bridgehead atoms. The number of rotatable bonds is 4. The predicted octanol–water partition coefficient (Wildman–Crippen LogP) is 3.84. The fraction of sp³-hybridized carbons (Fsp3) is 0.316. The van der Waals surface area contributed by atoms with Gasteiger partial charge >= 0.3 is 0 Å². The third-order valence-electron chi connectivity index (χ3n) is 4.33. The highest BCUT2D eigenvalue weighted by Crippen LogP contribution is 2.23. The van der Waals surface area contributed by atoms with Crippen molar-refractivity contribution >= 4 is 21.9 Å².